The molecule has 0 aliphatic heterocycles. The molecule has 0 radical (unpaired) electrons. The first kappa shape index (κ1) is 10.4. The first-order chi connectivity index (χ1) is 7.16. The van der Waals surface area contributed by atoms with E-state index in [0.717, 1.165) is 12.5 Å². The number of pyridine rings is 1. The fourth-order valence-corrected chi connectivity index (χ4v) is 1.73. The van der Waals surface area contributed by atoms with Crippen LogP contribution in [0.25, 0.3) is 0 Å². The van der Waals surface area contributed by atoms with Crippen molar-refractivity contribution in [3.63, 3.8) is 0 Å². The largest absolute Gasteiger partial charge is 0.352 e. The van der Waals surface area contributed by atoms with Gasteiger partial charge in [0.15, 0.2) is 0 Å². The maximum absolute atomic E-state index is 11.6. The molecule has 3 nitrogen and oxygen atoms in total. The quantitative estimate of drug-likeness (QED) is 0.800. The number of nitrogens with one attached hydrogen (secondary N) is 1. The topological polar surface area (TPSA) is 42.0 Å². The second kappa shape index (κ2) is 4.19. The molecule has 2 atom stereocenters. The smallest absolute Gasteiger partial charge is 0.251 e. The van der Waals surface area contributed by atoms with Crippen LogP contribution in [0, 0.1) is 11.8 Å². The van der Waals surface area contributed by atoms with Gasteiger partial charge in [-0.25, -0.2) is 4.98 Å². The van der Waals surface area contributed by atoms with E-state index in [0.29, 0.717) is 16.6 Å². The number of rotatable bonds is 3. The number of carbonyl (C=O) groups is 1. The highest BCUT2D eigenvalue weighted by Gasteiger charge is 2.32. The van der Waals surface area contributed by atoms with Gasteiger partial charge in [0, 0.05) is 18.3 Å². The zero-order chi connectivity index (χ0) is 10.8. The summed E-state index contributed by atoms with van der Waals surface area (Å²) in [6.07, 6.45) is 2.76. The van der Waals surface area contributed by atoms with E-state index >= 15 is 0 Å². The predicted molar refractivity (Wildman–Crippen MR) is 58.9 cm³/mol. The lowest BCUT2D eigenvalue weighted by Crippen LogP contribution is -2.25. The van der Waals surface area contributed by atoms with Gasteiger partial charge in [-0.3, -0.25) is 4.79 Å². The van der Waals surface area contributed by atoms with Crippen LogP contribution in [0.3, 0.4) is 0 Å². The van der Waals surface area contributed by atoms with Gasteiger partial charge in [-0.05, 0) is 30.4 Å². The van der Waals surface area contributed by atoms with E-state index in [1.165, 1.54) is 12.6 Å². The summed E-state index contributed by atoms with van der Waals surface area (Å²) >= 11 is 5.70. The summed E-state index contributed by atoms with van der Waals surface area (Å²) in [7, 11) is 0. The molecule has 1 aliphatic rings. The minimum atomic E-state index is -0.0709. The van der Waals surface area contributed by atoms with Crippen molar-refractivity contribution in [2.45, 2.75) is 13.3 Å². The molecule has 0 saturated heterocycles. The van der Waals surface area contributed by atoms with E-state index in [1.807, 2.05) is 0 Å². The average Bonchev–Trinajstić information content (AvgIpc) is 2.91. The van der Waals surface area contributed by atoms with Gasteiger partial charge in [-0.1, -0.05) is 18.5 Å². The summed E-state index contributed by atoms with van der Waals surface area (Å²) in [5.74, 6) is 1.34. The molecule has 1 aliphatic carbocycles. The molecule has 0 spiro atoms. The molecule has 2 unspecified atom stereocenters. The Labute approximate surface area is 93.8 Å². The minimum absolute atomic E-state index is 0.0709. The van der Waals surface area contributed by atoms with E-state index in [4.69, 9.17) is 11.6 Å². The molecule has 80 valence electrons. The van der Waals surface area contributed by atoms with E-state index in [9.17, 15) is 4.79 Å². The Morgan fingerprint density at radius 3 is 3.07 bits per heavy atom. The summed E-state index contributed by atoms with van der Waals surface area (Å²) in [6.45, 7) is 2.96. The summed E-state index contributed by atoms with van der Waals surface area (Å²) in [5.41, 5.74) is 0.573. The number of halogens is 1. The van der Waals surface area contributed by atoms with Crippen LogP contribution in [-0.2, 0) is 0 Å². The summed E-state index contributed by atoms with van der Waals surface area (Å²) in [5, 5.41) is 3.24. The van der Waals surface area contributed by atoms with Crippen LogP contribution in [0.4, 0.5) is 0 Å². The molecule has 0 bridgehead atoms. The Kier molecular flexibility index (Phi) is 2.91. The lowest BCUT2D eigenvalue weighted by Gasteiger charge is -2.03. The molecule has 2 rings (SSSR count). The molecule has 1 amide bonds. The van der Waals surface area contributed by atoms with Crippen LogP contribution in [0.2, 0.25) is 5.15 Å². The van der Waals surface area contributed by atoms with E-state index in [1.54, 1.807) is 12.1 Å². The molecule has 1 saturated carbocycles. The van der Waals surface area contributed by atoms with Gasteiger partial charge < -0.3 is 5.32 Å². The third kappa shape index (κ3) is 2.69. The number of amides is 1. The van der Waals surface area contributed by atoms with Crippen molar-refractivity contribution in [2.75, 3.05) is 6.54 Å². The van der Waals surface area contributed by atoms with Crippen LogP contribution < -0.4 is 5.32 Å². The average molecular weight is 225 g/mol. The fraction of sp³-hybridized carbons (Fsp3) is 0.455. The highest BCUT2D eigenvalue weighted by Crippen LogP contribution is 2.36. The molecule has 4 heteroatoms. The summed E-state index contributed by atoms with van der Waals surface area (Å²) in [6, 6.07) is 3.24. The predicted octanol–water partition coefficient (Wildman–Crippen LogP) is 2.12. The van der Waals surface area contributed by atoms with Crippen LogP contribution in [0.15, 0.2) is 18.3 Å². The minimum Gasteiger partial charge on any atom is -0.352 e. The maximum atomic E-state index is 11.6. The van der Waals surface area contributed by atoms with Crippen molar-refractivity contribution in [1.82, 2.24) is 10.3 Å². The van der Waals surface area contributed by atoms with Crippen molar-refractivity contribution in [1.29, 1.82) is 0 Å². The molecular weight excluding hydrogens is 212 g/mol. The summed E-state index contributed by atoms with van der Waals surface area (Å²) in [4.78, 5) is 15.5. The number of hydrogen-bond donors (Lipinski definition) is 1. The lowest BCUT2D eigenvalue weighted by molar-refractivity contribution is 0.0951. The monoisotopic (exact) mass is 224 g/mol. The van der Waals surface area contributed by atoms with Crippen molar-refractivity contribution < 1.29 is 4.79 Å². The number of hydrogen-bond acceptors (Lipinski definition) is 2. The van der Waals surface area contributed by atoms with E-state index in [-0.39, 0.29) is 5.91 Å². The fourth-order valence-electron chi connectivity index (χ4n) is 1.55. The zero-order valence-electron chi connectivity index (χ0n) is 8.53. The van der Waals surface area contributed by atoms with Crippen molar-refractivity contribution in [3.05, 3.63) is 29.0 Å². The molecule has 1 aromatic rings. The first-order valence-electron chi connectivity index (χ1n) is 5.06. The molecule has 15 heavy (non-hydrogen) atoms. The standard InChI is InChI=1S/C11H13ClN2O/c1-7-4-9(7)6-14-11(15)8-2-3-13-10(12)5-8/h2-3,5,7,9H,4,6H2,1H3,(H,14,15). The van der Waals surface area contributed by atoms with Crippen LogP contribution in [0.1, 0.15) is 23.7 Å². The van der Waals surface area contributed by atoms with Crippen LogP contribution in [0.5, 0.6) is 0 Å². The van der Waals surface area contributed by atoms with Crippen molar-refractivity contribution in [2.24, 2.45) is 11.8 Å². The number of carbonyl (C=O) groups excluding carboxylic acids is 1. The zero-order valence-corrected chi connectivity index (χ0v) is 9.29. The Balaban J connectivity index is 1.90. The second-order valence-electron chi connectivity index (χ2n) is 4.05. The first-order valence-corrected chi connectivity index (χ1v) is 5.44. The summed E-state index contributed by atoms with van der Waals surface area (Å²) < 4.78 is 0. The van der Waals surface area contributed by atoms with Gasteiger partial charge in [-0.15, -0.1) is 0 Å². The number of aromatic nitrogens is 1. The van der Waals surface area contributed by atoms with Crippen molar-refractivity contribution in [3.8, 4) is 0 Å². The third-order valence-corrected chi connectivity index (χ3v) is 3.00. The molecule has 0 aromatic carbocycles. The van der Waals surface area contributed by atoms with Gasteiger partial charge in [0.1, 0.15) is 5.15 Å². The lowest BCUT2D eigenvalue weighted by atomic mass is 10.2. The van der Waals surface area contributed by atoms with Crippen molar-refractivity contribution >= 4 is 17.5 Å². The Bertz CT molecular complexity index is 381. The van der Waals surface area contributed by atoms with E-state index in [2.05, 4.69) is 17.2 Å². The molecule has 1 heterocycles. The number of nitrogens with zero attached hydrogens (tertiary/aromatic N) is 1. The SMILES string of the molecule is CC1CC1CNC(=O)c1ccnc(Cl)c1. The molecule has 1 N–H and O–H groups in total. The van der Waals surface area contributed by atoms with Crippen LogP contribution >= 0.6 is 11.6 Å². The van der Waals surface area contributed by atoms with Crippen LogP contribution in [-0.4, -0.2) is 17.4 Å². The highest BCUT2D eigenvalue weighted by atomic mass is 35.5. The van der Waals surface area contributed by atoms with Gasteiger partial charge in [-0.2, -0.15) is 0 Å². The van der Waals surface area contributed by atoms with Gasteiger partial charge in [0.05, 0.1) is 0 Å². The van der Waals surface area contributed by atoms with Gasteiger partial charge in [0.25, 0.3) is 5.91 Å². The molecular formula is C11H13ClN2O. The third-order valence-electron chi connectivity index (χ3n) is 2.79. The molecule has 1 aromatic heterocycles. The normalized spacial score (nSPS) is 23.6. The van der Waals surface area contributed by atoms with E-state index < -0.39 is 0 Å². The highest BCUT2D eigenvalue weighted by molar-refractivity contribution is 6.29. The Hall–Kier alpha value is -1.09. The second-order valence-corrected chi connectivity index (χ2v) is 4.44. The molecule has 1 fully saturated rings. The Morgan fingerprint density at radius 2 is 2.47 bits per heavy atom. The van der Waals surface area contributed by atoms with Gasteiger partial charge in [0.2, 0.25) is 0 Å². The van der Waals surface area contributed by atoms with Gasteiger partial charge >= 0.3 is 0 Å². The maximum Gasteiger partial charge on any atom is 0.251 e. The Morgan fingerprint density at radius 1 is 1.73 bits per heavy atom.